The van der Waals surface area contributed by atoms with Gasteiger partial charge in [0.2, 0.25) is 0 Å². The highest BCUT2D eigenvalue weighted by molar-refractivity contribution is 6.48. The summed E-state index contributed by atoms with van der Waals surface area (Å²) in [6, 6.07) is 0. The molecule has 0 fully saturated rings. The van der Waals surface area contributed by atoms with Crippen LogP contribution in [0.5, 0.6) is 0 Å². The number of hydrogen-bond acceptors (Lipinski definition) is 1. The van der Waals surface area contributed by atoms with Crippen LogP contribution in [-0.4, -0.2) is 28.3 Å². The van der Waals surface area contributed by atoms with Crippen molar-refractivity contribution in [2.45, 2.75) is 24.2 Å². The topological polar surface area (TPSA) is 3.24 Å². The van der Waals surface area contributed by atoms with Crippen molar-refractivity contribution in [2.75, 3.05) is 13.1 Å². The van der Waals surface area contributed by atoms with Crippen LogP contribution in [0.2, 0.25) is 0 Å². The van der Waals surface area contributed by atoms with Gasteiger partial charge in [-0.1, -0.05) is 13.8 Å². The van der Waals surface area contributed by atoms with Gasteiger partial charge in [-0.25, -0.2) is 0 Å². The first-order valence-electron chi connectivity index (χ1n) is 3.29. The van der Waals surface area contributed by atoms with Crippen LogP contribution < -0.4 is 0 Å². The highest BCUT2D eigenvalue weighted by Gasteiger charge is 2.18. The molecule has 1 nitrogen and oxygen atoms in total. The van der Waals surface area contributed by atoms with Crippen molar-refractivity contribution in [2.24, 2.45) is 0 Å². The second-order valence-electron chi connectivity index (χ2n) is 1.93. The molecule has 0 N–H and O–H groups in total. The molecule has 0 aliphatic heterocycles. The van der Waals surface area contributed by atoms with E-state index in [0.717, 1.165) is 13.1 Å². The SMILES string of the molecule is CCN(CC)C(Cl)C(Cl)Cl.Cl. The normalized spacial score (nSPS) is 13.4. The molecule has 0 saturated heterocycles. The first kappa shape index (κ1) is 14.6. The zero-order valence-electron chi connectivity index (χ0n) is 6.56. The second kappa shape index (κ2) is 7.75. The summed E-state index contributed by atoms with van der Waals surface area (Å²) in [5, 5.41) is 0. The zero-order chi connectivity index (χ0) is 8.15. The summed E-state index contributed by atoms with van der Waals surface area (Å²) in [6.07, 6.45) is 0. The van der Waals surface area contributed by atoms with Gasteiger partial charge in [0, 0.05) is 0 Å². The maximum Gasteiger partial charge on any atom is 0.137 e. The van der Waals surface area contributed by atoms with Gasteiger partial charge in [-0.2, -0.15) is 0 Å². The fourth-order valence-electron chi connectivity index (χ4n) is 0.732. The molecular weight excluding hydrogens is 228 g/mol. The molecule has 0 aliphatic carbocycles. The molecule has 0 amide bonds. The van der Waals surface area contributed by atoms with E-state index in [0.29, 0.717) is 0 Å². The number of nitrogens with zero attached hydrogens (tertiary/aromatic N) is 1. The van der Waals surface area contributed by atoms with Crippen molar-refractivity contribution in [3.8, 4) is 0 Å². The Balaban J connectivity index is 0. The summed E-state index contributed by atoms with van der Waals surface area (Å²) in [5.41, 5.74) is -0.265. The van der Waals surface area contributed by atoms with Crippen LogP contribution in [0.3, 0.4) is 0 Å². The Kier molecular flexibility index (Phi) is 10.3. The minimum atomic E-state index is -0.512. The Labute approximate surface area is 89.4 Å². The fourth-order valence-corrected chi connectivity index (χ4v) is 1.33. The number of halogens is 4. The van der Waals surface area contributed by atoms with Crippen molar-refractivity contribution in [1.82, 2.24) is 4.90 Å². The number of hydrogen-bond donors (Lipinski definition) is 0. The van der Waals surface area contributed by atoms with E-state index in [1.54, 1.807) is 0 Å². The first-order chi connectivity index (χ1) is 4.63. The molecule has 0 bridgehead atoms. The average molecular weight is 241 g/mol. The molecule has 0 heterocycles. The summed E-state index contributed by atoms with van der Waals surface area (Å²) in [4.78, 5) is 1.48. The standard InChI is InChI=1S/C6H12Cl3N.ClH/c1-3-10(4-2)6(9)5(7)8;/h5-6H,3-4H2,1-2H3;1H. The molecule has 0 rings (SSSR count). The maximum absolute atomic E-state index is 5.84. The lowest BCUT2D eigenvalue weighted by Crippen LogP contribution is -2.35. The average Bonchev–Trinajstić information content (AvgIpc) is 1.90. The summed E-state index contributed by atoms with van der Waals surface area (Å²) in [5.74, 6) is 0. The van der Waals surface area contributed by atoms with Gasteiger partial charge < -0.3 is 0 Å². The summed E-state index contributed by atoms with van der Waals surface area (Å²) < 4.78 is 0. The molecule has 0 aromatic rings. The Morgan fingerprint density at radius 1 is 1.09 bits per heavy atom. The van der Waals surface area contributed by atoms with Crippen LogP contribution >= 0.6 is 47.2 Å². The van der Waals surface area contributed by atoms with Gasteiger partial charge in [-0.05, 0) is 13.1 Å². The highest BCUT2D eigenvalue weighted by atomic mass is 35.5. The molecule has 70 valence electrons. The van der Waals surface area contributed by atoms with Crippen molar-refractivity contribution in [3.63, 3.8) is 0 Å². The summed E-state index contributed by atoms with van der Waals surface area (Å²) in [6.45, 7) is 5.80. The Bertz CT molecular complexity index is 84.7. The van der Waals surface area contributed by atoms with E-state index in [4.69, 9.17) is 34.8 Å². The molecule has 0 aliphatic rings. The first-order valence-corrected chi connectivity index (χ1v) is 4.60. The van der Waals surface area contributed by atoms with Crippen LogP contribution in [0.1, 0.15) is 13.8 Å². The Hall–Kier alpha value is 1.12. The van der Waals surface area contributed by atoms with Crippen molar-refractivity contribution < 1.29 is 0 Å². The van der Waals surface area contributed by atoms with Crippen LogP contribution in [0.4, 0.5) is 0 Å². The van der Waals surface area contributed by atoms with Gasteiger partial charge in [-0.15, -0.1) is 47.2 Å². The van der Waals surface area contributed by atoms with E-state index >= 15 is 0 Å². The number of alkyl halides is 3. The lowest BCUT2D eigenvalue weighted by molar-refractivity contribution is 0.288. The van der Waals surface area contributed by atoms with Crippen molar-refractivity contribution in [1.29, 1.82) is 0 Å². The lowest BCUT2D eigenvalue weighted by Gasteiger charge is -2.24. The van der Waals surface area contributed by atoms with E-state index in [2.05, 4.69) is 0 Å². The third kappa shape index (κ3) is 5.37. The van der Waals surface area contributed by atoms with Gasteiger partial charge in [0.25, 0.3) is 0 Å². The molecule has 1 unspecified atom stereocenters. The monoisotopic (exact) mass is 239 g/mol. The van der Waals surface area contributed by atoms with Crippen LogP contribution in [0.25, 0.3) is 0 Å². The molecule has 0 aromatic heterocycles. The van der Waals surface area contributed by atoms with E-state index in [1.807, 2.05) is 18.7 Å². The molecule has 0 radical (unpaired) electrons. The Morgan fingerprint density at radius 3 is 1.55 bits per heavy atom. The van der Waals surface area contributed by atoms with Gasteiger partial charge >= 0.3 is 0 Å². The van der Waals surface area contributed by atoms with Crippen LogP contribution in [0, 0.1) is 0 Å². The summed E-state index contributed by atoms with van der Waals surface area (Å²) >= 11 is 17.0. The molecule has 0 saturated carbocycles. The fraction of sp³-hybridized carbons (Fsp3) is 1.00. The number of rotatable bonds is 4. The Morgan fingerprint density at radius 2 is 1.45 bits per heavy atom. The predicted molar refractivity (Wildman–Crippen MR) is 55.3 cm³/mol. The van der Waals surface area contributed by atoms with Gasteiger partial charge in [0.1, 0.15) is 10.3 Å². The van der Waals surface area contributed by atoms with Crippen LogP contribution in [0.15, 0.2) is 0 Å². The maximum atomic E-state index is 5.84. The van der Waals surface area contributed by atoms with E-state index in [-0.39, 0.29) is 17.9 Å². The minimum absolute atomic E-state index is 0. The van der Waals surface area contributed by atoms with Crippen LogP contribution in [-0.2, 0) is 0 Å². The molecule has 5 heteroatoms. The van der Waals surface area contributed by atoms with Crippen molar-refractivity contribution in [3.05, 3.63) is 0 Å². The minimum Gasteiger partial charge on any atom is -0.286 e. The lowest BCUT2D eigenvalue weighted by atomic mass is 10.5. The smallest absolute Gasteiger partial charge is 0.137 e. The molecule has 0 aromatic carbocycles. The molecule has 1 atom stereocenters. The van der Waals surface area contributed by atoms with Crippen molar-refractivity contribution >= 4 is 47.2 Å². The van der Waals surface area contributed by atoms with Gasteiger partial charge in [0.05, 0.1) is 0 Å². The largest absolute Gasteiger partial charge is 0.286 e. The third-order valence-electron chi connectivity index (χ3n) is 1.37. The predicted octanol–water partition coefficient (Wildman–Crippen LogP) is 3.12. The van der Waals surface area contributed by atoms with Gasteiger partial charge in [-0.3, -0.25) is 4.90 Å². The zero-order valence-corrected chi connectivity index (χ0v) is 9.64. The molecular formula is C6H13Cl4N. The quantitative estimate of drug-likeness (QED) is 0.539. The van der Waals surface area contributed by atoms with E-state index in [9.17, 15) is 0 Å². The molecule has 11 heavy (non-hydrogen) atoms. The van der Waals surface area contributed by atoms with Gasteiger partial charge in [0.15, 0.2) is 0 Å². The van der Waals surface area contributed by atoms with E-state index in [1.165, 1.54) is 0 Å². The molecule has 0 spiro atoms. The summed E-state index contributed by atoms with van der Waals surface area (Å²) in [7, 11) is 0. The van der Waals surface area contributed by atoms with E-state index < -0.39 is 4.84 Å². The third-order valence-corrected chi connectivity index (χ3v) is 2.63. The second-order valence-corrected chi connectivity index (χ2v) is 3.54. The highest BCUT2D eigenvalue weighted by Crippen LogP contribution is 2.17.